The molecule has 0 saturated carbocycles. The summed E-state index contributed by atoms with van der Waals surface area (Å²) in [5.74, 6) is 1.50. The predicted octanol–water partition coefficient (Wildman–Crippen LogP) is 2.64. The lowest BCUT2D eigenvalue weighted by Gasteiger charge is -2.07. The van der Waals surface area contributed by atoms with Gasteiger partial charge in [-0.05, 0) is 12.5 Å². The van der Waals surface area contributed by atoms with Gasteiger partial charge in [0.05, 0.1) is 11.6 Å². The standard InChI is InChI=1S/C14H18N6S/c1-4-10-5-11-12(16-6-9-7-17-20(3)8-9)18-14(15-2)19-13(11)21-10/h5,7-8H,4,6H2,1-3H3,(H2,15,16,18,19). The fourth-order valence-corrected chi connectivity index (χ4v) is 3.11. The number of thiophene rings is 1. The summed E-state index contributed by atoms with van der Waals surface area (Å²) in [6.45, 7) is 2.85. The van der Waals surface area contributed by atoms with E-state index in [-0.39, 0.29) is 0 Å². The molecule has 0 amide bonds. The van der Waals surface area contributed by atoms with Crippen molar-refractivity contribution in [1.29, 1.82) is 0 Å². The summed E-state index contributed by atoms with van der Waals surface area (Å²) < 4.78 is 1.80. The molecule has 3 heterocycles. The van der Waals surface area contributed by atoms with Crippen molar-refractivity contribution in [3.63, 3.8) is 0 Å². The fraction of sp³-hybridized carbons (Fsp3) is 0.357. The van der Waals surface area contributed by atoms with Crippen LogP contribution in [0.2, 0.25) is 0 Å². The zero-order valence-corrected chi connectivity index (χ0v) is 13.2. The number of hydrogen-bond acceptors (Lipinski definition) is 6. The Morgan fingerprint density at radius 2 is 2.19 bits per heavy atom. The molecule has 0 bridgehead atoms. The van der Waals surface area contributed by atoms with E-state index in [1.807, 2.05) is 26.5 Å². The van der Waals surface area contributed by atoms with E-state index in [9.17, 15) is 0 Å². The summed E-state index contributed by atoms with van der Waals surface area (Å²) in [4.78, 5) is 11.4. The quantitative estimate of drug-likeness (QED) is 0.758. The van der Waals surface area contributed by atoms with Gasteiger partial charge >= 0.3 is 0 Å². The molecule has 110 valence electrons. The van der Waals surface area contributed by atoms with Gasteiger partial charge in [0.1, 0.15) is 10.6 Å². The largest absolute Gasteiger partial charge is 0.365 e. The first-order valence-electron chi connectivity index (χ1n) is 6.89. The number of nitrogens with zero attached hydrogens (tertiary/aromatic N) is 4. The van der Waals surface area contributed by atoms with Gasteiger partial charge in [0.2, 0.25) is 5.95 Å². The van der Waals surface area contributed by atoms with Crippen molar-refractivity contribution >= 4 is 33.3 Å². The summed E-state index contributed by atoms with van der Waals surface area (Å²) in [6, 6.07) is 2.17. The third-order valence-corrected chi connectivity index (χ3v) is 4.41. The molecule has 3 rings (SSSR count). The molecule has 3 aromatic heterocycles. The first-order chi connectivity index (χ1) is 10.2. The lowest BCUT2D eigenvalue weighted by Crippen LogP contribution is -2.04. The van der Waals surface area contributed by atoms with Crippen LogP contribution in [0.1, 0.15) is 17.4 Å². The zero-order chi connectivity index (χ0) is 14.8. The van der Waals surface area contributed by atoms with Gasteiger partial charge in [-0.2, -0.15) is 10.1 Å². The molecule has 7 heteroatoms. The molecule has 0 aromatic carbocycles. The van der Waals surface area contributed by atoms with Gasteiger partial charge in [-0.1, -0.05) is 6.92 Å². The highest BCUT2D eigenvalue weighted by Crippen LogP contribution is 2.30. The van der Waals surface area contributed by atoms with Crippen LogP contribution in [0, 0.1) is 0 Å². The van der Waals surface area contributed by atoms with E-state index in [0.29, 0.717) is 12.5 Å². The number of aromatic nitrogens is 4. The molecule has 0 spiro atoms. The van der Waals surface area contributed by atoms with E-state index in [0.717, 1.165) is 28.0 Å². The van der Waals surface area contributed by atoms with Gasteiger partial charge in [0, 0.05) is 37.3 Å². The van der Waals surface area contributed by atoms with Crippen molar-refractivity contribution in [2.24, 2.45) is 7.05 Å². The van der Waals surface area contributed by atoms with E-state index in [2.05, 4.69) is 38.7 Å². The van der Waals surface area contributed by atoms with Gasteiger partial charge in [0.25, 0.3) is 0 Å². The Morgan fingerprint density at radius 1 is 1.33 bits per heavy atom. The average molecular weight is 302 g/mol. The van der Waals surface area contributed by atoms with Crippen LogP contribution in [-0.2, 0) is 20.0 Å². The van der Waals surface area contributed by atoms with Crippen LogP contribution >= 0.6 is 11.3 Å². The summed E-state index contributed by atoms with van der Waals surface area (Å²) in [6.07, 6.45) is 4.86. The molecular formula is C14H18N6S. The molecule has 0 aliphatic heterocycles. The second-order valence-electron chi connectivity index (χ2n) is 4.81. The molecule has 0 fully saturated rings. The average Bonchev–Trinajstić information content (AvgIpc) is 3.10. The minimum atomic E-state index is 0.640. The van der Waals surface area contributed by atoms with E-state index < -0.39 is 0 Å². The van der Waals surface area contributed by atoms with Gasteiger partial charge in [-0.15, -0.1) is 11.3 Å². The minimum absolute atomic E-state index is 0.640. The Bertz CT molecular complexity index is 760. The van der Waals surface area contributed by atoms with E-state index in [4.69, 9.17) is 0 Å². The number of nitrogens with one attached hydrogen (secondary N) is 2. The van der Waals surface area contributed by atoms with Crippen molar-refractivity contribution in [2.75, 3.05) is 17.7 Å². The molecule has 3 aromatic rings. The topological polar surface area (TPSA) is 67.7 Å². The molecule has 6 nitrogen and oxygen atoms in total. The third kappa shape index (κ3) is 2.82. The van der Waals surface area contributed by atoms with Gasteiger partial charge < -0.3 is 10.6 Å². The lowest BCUT2D eigenvalue weighted by molar-refractivity contribution is 0.767. The van der Waals surface area contributed by atoms with Crippen LogP contribution in [0.25, 0.3) is 10.2 Å². The maximum atomic E-state index is 4.54. The van der Waals surface area contributed by atoms with Crippen molar-refractivity contribution in [3.05, 3.63) is 28.9 Å². The second kappa shape index (κ2) is 5.69. The van der Waals surface area contributed by atoms with E-state index in [1.165, 1.54) is 4.88 Å². The van der Waals surface area contributed by atoms with Gasteiger partial charge in [-0.25, -0.2) is 4.98 Å². The van der Waals surface area contributed by atoms with Crippen LogP contribution in [0.4, 0.5) is 11.8 Å². The normalized spacial score (nSPS) is 11.0. The molecule has 0 unspecified atom stereocenters. The lowest BCUT2D eigenvalue weighted by atomic mass is 10.3. The highest BCUT2D eigenvalue weighted by atomic mass is 32.1. The first kappa shape index (κ1) is 13.8. The summed E-state index contributed by atoms with van der Waals surface area (Å²) >= 11 is 1.72. The molecular weight excluding hydrogens is 284 g/mol. The number of anilines is 2. The zero-order valence-electron chi connectivity index (χ0n) is 12.3. The first-order valence-corrected chi connectivity index (χ1v) is 7.71. The van der Waals surface area contributed by atoms with Crippen molar-refractivity contribution in [1.82, 2.24) is 19.7 Å². The number of hydrogen-bond donors (Lipinski definition) is 2. The Hall–Kier alpha value is -2.15. The van der Waals surface area contributed by atoms with Crippen LogP contribution in [-0.4, -0.2) is 26.8 Å². The number of aryl methyl sites for hydroxylation is 2. The SMILES string of the molecule is CCc1cc2c(NCc3cnn(C)c3)nc(NC)nc2s1. The Kier molecular flexibility index (Phi) is 3.74. The third-order valence-electron chi connectivity index (χ3n) is 3.23. The van der Waals surface area contributed by atoms with E-state index in [1.54, 1.807) is 16.0 Å². The monoisotopic (exact) mass is 302 g/mol. The van der Waals surface area contributed by atoms with Crippen LogP contribution in [0.5, 0.6) is 0 Å². The van der Waals surface area contributed by atoms with Gasteiger partial charge in [0.15, 0.2) is 0 Å². The molecule has 2 N–H and O–H groups in total. The Balaban J connectivity index is 1.93. The maximum absolute atomic E-state index is 4.54. The number of fused-ring (bicyclic) bond motifs is 1. The van der Waals surface area contributed by atoms with E-state index >= 15 is 0 Å². The summed E-state index contributed by atoms with van der Waals surface area (Å²) in [5, 5.41) is 11.7. The molecule has 0 saturated heterocycles. The van der Waals surface area contributed by atoms with Crippen molar-refractivity contribution < 1.29 is 0 Å². The predicted molar refractivity (Wildman–Crippen MR) is 86.9 cm³/mol. The molecule has 0 aliphatic carbocycles. The molecule has 0 radical (unpaired) electrons. The molecule has 0 aliphatic rings. The number of rotatable bonds is 5. The Morgan fingerprint density at radius 3 is 2.86 bits per heavy atom. The van der Waals surface area contributed by atoms with Gasteiger partial charge in [-0.3, -0.25) is 4.68 Å². The van der Waals surface area contributed by atoms with Crippen LogP contribution in [0.15, 0.2) is 18.5 Å². The van der Waals surface area contributed by atoms with Crippen LogP contribution in [0.3, 0.4) is 0 Å². The smallest absolute Gasteiger partial charge is 0.225 e. The van der Waals surface area contributed by atoms with Crippen LogP contribution < -0.4 is 10.6 Å². The van der Waals surface area contributed by atoms with Crippen molar-refractivity contribution in [2.45, 2.75) is 19.9 Å². The minimum Gasteiger partial charge on any atom is -0.365 e. The highest BCUT2D eigenvalue weighted by Gasteiger charge is 2.11. The highest BCUT2D eigenvalue weighted by molar-refractivity contribution is 7.18. The second-order valence-corrected chi connectivity index (χ2v) is 5.92. The Labute approximate surface area is 127 Å². The maximum Gasteiger partial charge on any atom is 0.225 e. The summed E-state index contributed by atoms with van der Waals surface area (Å²) in [7, 11) is 3.75. The molecule has 21 heavy (non-hydrogen) atoms. The molecule has 0 atom stereocenters. The summed E-state index contributed by atoms with van der Waals surface area (Å²) in [5.41, 5.74) is 1.13. The van der Waals surface area contributed by atoms with Crippen molar-refractivity contribution in [3.8, 4) is 0 Å². The fourth-order valence-electron chi connectivity index (χ4n) is 2.14.